The molecule has 0 atom stereocenters. The van der Waals surface area contributed by atoms with Gasteiger partial charge in [-0.2, -0.15) is 0 Å². The van der Waals surface area contributed by atoms with Gasteiger partial charge in [-0.3, -0.25) is 19.8 Å². The molecule has 2 N–H and O–H groups in total. The van der Waals surface area contributed by atoms with Gasteiger partial charge >= 0.3 is 6.03 Å². The quantitative estimate of drug-likeness (QED) is 0.811. The van der Waals surface area contributed by atoms with Crippen LogP contribution in [0.25, 0.3) is 0 Å². The van der Waals surface area contributed by atoms with Crippen molar-refractivity contribution < 1.29 is 19.1 Å². The Morgan fingerprint density at radius 1 is 1.03 bits per heavy atom. The Labute approximate surface area is 174 Å². The van der Waals surface area contributed by atoms with Gasteiger partial charge in [0.15, 0.2) is 0 Å². The molecule has 8 heteroatoms. The molecular weight excluding hydrogens is 384 g/mol. The lowest BCUT2D eigenvalue weighted by Crippen LogP contribution is -2.49. The van der Waals surface area contributed by atoms with Crippen LogP contribution < -0.4 is 20.4 Å². The van der Waals surface area contributed by atoms with Crippen LogP contribution in [0.5, 0.6) is 0 Å². The summed E-state index contributed by atoms with van der Waals surface area (Å²) in [6, 6.07) is 12.2. The molecule has 4 rings (SSSR count). The van der Waals surface area contributed by atoms with Gasteiger partial charge in [-0.1, -0.05) is 6.07 Å². The molecule has 2 aliphatic rings. The molecule has 0 saturated carbocycles. The molecule has 0 spiro atoms. The zero-order chi connectivity index (χ0) is 21.1. The van der Waals surface area contributed by atoms with Gasteiger partial charge in [0.05, 0.1) is 13.2 Å². The van der Waals surface area contributed by atoms with Crippen LogP contribution in [0, 0.1) is 6.92 Å². The van der Waals surface area contributed by atoms with Gasteiger partial charge in [-0.15, -0.1) is 0 Å². The third kappa shape index (κ3) is 4.28. The average molecular weight is 408 g/mol. The first-order valence-corrected chi connectivity index (χ1v) is 9.97. The van der Waals surface area contributed by atoms with Crippen LogP contribution in [0.3, 0.4) is 0 Å². The molecule has 8 nitrogen and oxygen atoms in total. The summed E-state index contributed by atoms with van der Waals surface area (Å²) in [5.74, 6) is -0.465. The Hall–Kier alpha value is -3.39. The minimum absolute atomic E-state index is 0.196. The van der Waals surface area contributed by atoms with Gasteiger partial charge in [0.1, 0.15) is 0 Å². The first-order valence-electron chi connectivity index (χ1n) is 9.97. The Balaban J connectivity index is 1.45. The zero-order valence-corrected chi connectivity index (χ0v) is 16.8. The van der Waals surface area contributed by atoms with Crippen LogP contribution in [0.2, 0.25) is 0 Å². The third-order valence-corrected chi connectivity index (χ3v) is 5.31. The summed E-state index contributed by atoms with van der Waals surface area (Å²) in [6.45, 7) is 5.36. The van der Waals surface area contributed by atoms with E-state index in [1.54, 1.807) is 24.3 Å². The SMILES string of the molecule is Cc1ccc(C(=O)Nc2ccc(N3CCC(=O)NC3=O)cc2)cc1N1CCOCC1. The number of nitrogens with zero attached hydrogens (tertiary/aromatic N) is 2. The molecule has 4 amide bonds. The fourth-order valence-corrected chi connectivity index (χ4v) is 3.63. The first-order chi connectivity index (χ1) is 14.5. The summed E-state index contributed by atoms with van der Waals surface area (Å²) in [6.07, 6.45) is 0.267. The highest BCUT2D eigenvalue weighted by Gasteiger charge is 2.24. The molecule has 0 unspecified atom stereocenters. The standard InChI is InChI=1S/C22H24N4O4/c1-15-2-3-16(14-19(15)25-10-12-30-13-11-25)21(28)23-17-4-6-18(7-5-17)26-9-8-20(27)24-22(26)29/h2-7,14H,8-13H2,1H3,(H,23,28)(H,24,27,29). The number of nitrogens with one attached hydrogen (secondary N) is 2. The monoisotopic (exact) mass is 408 g/mol. The second-order valence-electron chi connectivity index (χ2n) is 7.36. The van der Waals surface area contributed by atoms with Crippen molar-refractivity contribution in [1.29, 1.82) is 0 Å². The van der Waals surface area contributed by atoms with E-state index in [1.165, 1.54) is 4.90 Å². The Bertz CT molecular complexity index is 968. The van der Waals surface area contributed by atoms with Gasteiger partial charge in [0, 0.05) is 48.7 Å². The number of imide groups is 1. The Morgan fingerprint density at radius 2 is 1.77 bits per heavy atom. The number of urea groups is 1. The zero-order valence-electron chi connectivity index (χ0n) is 16.8. The summed E-state index contributed by atoms with van der Waals surface area (Å²) < 4.78 is 5.42. The molecular formula is C22H24N4O4. The molecule has 2 fully saturated rings. The highest BCUT2D eigenvalue weighted by molar-refractivity contribution is 6.06. The van der Waals surface area contributed by atoms with Crippen molar-refractivity contribution in [2.45, 2.75) is 13.3 Å². The van der Waals surface area contributed by atoms with Gasteiger partial charge in [0.25, 0.3) is 5.91 Å². The maximum absolute atomic E-state index is 12.8. The summed E-state index contributed by atoms with van der Waals surface area (Å²) in [7, 11) is 0. The van der Waals surface area contributed by atoms with Gasteiger partial charge in [0.2, 0.25) is 5.91 Å². The fourth-order valence-electron chi connectivity index (χ4n) is 3.63. The summed E-state index contributed by atoms with van der Waals surface area (Å²) in [5.41, 5.74) is 4.05. The van der Waals surface area contributed by atoms with Crippen molar-refractivity contribution in [3.63, 3.8) is 0 Å². The summed E-state index contributed by atoms with van der Waals surface area (Å²) >= 11 is 0. The largest absolute Gasteiger partial charge is 0.378 e. The van der Waals surface area contributed by atoms with Crippen LogP contribution in [0.1, 0.15) is 22.3 Å². The second kappa shape index (κ2) is 8.54. The van der Waals surface area contributed by atoms with Crippen LogP contribution in [0.4, 0.5) is 21.9 Å². The summed E-state index contributed by atoms with van der Waals surface area (Å²) in [4.78, 5) is 39.8. The third-order valence-electron chi connectivity index (χ3n) is 5.31. The molecule has 0 bridgehead atoms. The minimum Gasteiger partial charge on any atom is -0.378 e. The number of morpholine rings is 1. The number of rotatable bonds is 4. The maximum Gasteiger partial charge on any atom is 0.328 e. The van der Waals surface area contributed by atoms with E-state index < -0.39 is 6.03 Å². The predicted molar refractivity (Wildman–Crippen MR) is 114 cm³/mol. The Kier molecular flexibility index (Phi) is 5.67. The number of hydrogen-bond donors (Lipinski definition) is 2. The molecule has 30 heavy (non-hydrogen) atoms. The van der Waals surface area contributed by atoms with E-state index in [9.17, 15) is 14.4 Å². The van der Waals surface area contributed by atoms with Crippen LogP contribution >= 0.6 is 0 Å². The van der Waals surface area contributed by atoms with E-state index in [0.29, 0.717) is 36.7 Å². The number of ether oxygens (including phenoxy) is 1. The fraction of sp³-hybridized carbons (Fsp3) is 0.318. The average Bonchev–Trinajstić information content (AvgIpc) is 2.75. The Morgan fingerprint density at radius 3 is 2.47 bits per heavy atom. The first kappa shape index (κ1) is 19.9. The molecule has 0 aliphatic carbocycles. The number of aryl methyl sites for hydroxylation is 1. The number of benzene rings is 2. The smallest absolute Gasteiger partial charge is 0.328 e. The molecule has 0 aromatic heterocycles. The lowest BCUT2D eigenvalue weighted by molar-refractivity contribution is -0.120. The molecule has 0 radical (unpaired) electrons. The molecule has 2 aromatic rings. The van der Waals surface area contributed by atoms with Crippen molar-refractivity contribution in [1.82, 2.24) is 5.32 Å². The van der Waals surface area contributed by atoms with E-state index >= 15 is 0 Å². The van der Waals surface area contributed by atoms with Crippen molar-refractivity contribution in [2.24, 2.45) is 0 Å². The van der Waals surface area contributed by atoms with Gasteiger partial charge in [-0.05, 0) is 48.9 Å². The number of anilines is 3. The molecule has 2 heterocycles. The molecule has 2 aliphatic heterocycles. The van der Waals surface area contributed by atoms with Crippen molar-refractivity contribution in [2.75, 3.05) is 48.0 Å². The number of carbonyl (C=O) groups is 3. The lowest BCUT2D eigenvalue weighted by atomic mass is 10.1. The number of amides is 4. The highest BCUT2D eigenvalue weighted by atomic mass is 16.5. The molecule has 2 saturated heterocycles. The molecule has 2 aromatic carbocycles. The van der Waals surface area contributed by atoms with E-state index in [0.717, 1.165) is 24.3 Å². The molecule has 156 valence electrons. The van der Waals surface area contributed by atoms with Crippen molar-refractivity contribution in [3.8, 4) is 0 Å². The van der Waals surface area contributed by atoms with E-state index in [4.69, 9.17) is 4.74 Å². The number of hydrogen-bond acceptors (Lipinski definition) is 5. The van der Waals surface area contributed by atoms with Crippen LogP contribution in [-0.4, -0.2) is 50.7 Å². The normalized spacial score (nSPS) is 17.0. The lowest BCUT2D eigenvalue weighted by Gasteiger charge is -2.30. The van der Waals surface area contributed by atoms with E-state index in [-0.39, 0.29) is 18.2 Å². The van der Waals surface area contributed by atoms with Gasteiger partial charge in [-0.25, -0.2) is 4.79 Å². The maximum atomic E-state index is 12.8. The van der Waals surface area contributed by atoms with Crippen LogP contribution in [-0.2, 0) is 9.53 Å². The van der Waals surface area contributed by atoms with E-state index in [1.807, 2.05) is 25.1 Å². The second-order valence-corrected chi connectivity index (χ2v) is 7.36. The highest BCUT2D eigenvalue weighted by Crippen LogP contribution is 2.24. The number of carbonyl (C=O) groups excluding carboxylic acids is 3. The topological polar surface area (TPSA) is 91.0 Å². The predicted octanol–water partition coefficient (Wildman–Crippen LogP) is 2.53. The van der Waals surface area contributed by atoms with Crippen LogP contribution in [0.15, 0.2) is 42.5 Å². The van der Waals surface area contributed by atoms with E-state index in [2.05, 4.69) is 15.5 Å². The van der Waals surface area contributed by atoms with Gasteiger partial charge < -0.3 is 15.0 Å². The van der Waals surface area contributed by atoms with Crippen molar-refractivity contribution >= 4 is 34.9 Å². The minimum atomic E-state index is -0.432. The van der Waals surface area contributed by atoms with Crippen molar-refractivity contribution in [3.05, 3.63) is 53.6 Å². The summed E-state index contributed by atoms with van der Waals surface area (Å²) in [5, 5.41) is 5.20.